The summed E-state index contributed by atoms with van der Waals surface area (Å²) >= 11 is 0. The lowest BCUT2D eigenvalue weighted by atomic mass is 10.0. The molecule has 1 aliphatic rings. The minimum Gasteiger partial charge on any atom is -0.480 e. The van der Waals surface area contributed by atoms with Crippen LogP contribution in [0.1, 0.15) is 32.3 Å². The molecule has 1 aromatic carbocycles. The summed E-state index contributed by atoms with van der Waals surface area (Å²) in [6, 6.07) is 10.5. The third-order valence-corrected chi connectivity index (χ3v) is 5.06. The summed E-state index contributed by atoms with van der Waals surface area (Å²) in [5.41, 5.74) is 1.14. The van der Waals surface area contributed by atoms with Gasteiger partial charge in [0.25, 0.3) is 0 Å². The fourth-order valence-corrected chi connectivity index (χ4v) is 3.48. The number of hydrogen-bond donors (Lipinski definition) is 1. The minimum atomic E-state index is -0.793. The molecular formula is C20H31N3O3. The topological polar surface area (TPSA) is 64.1 Å². The highest BCUT2D eigenvalue weighted by Gasteiger charge is 2.26. The van der Waals surface area contributed by atoms with E-state index in [-0.39, 0.29) is 24.5 Å². The second-order valence-corrected chi connectivity index (χ2v) is 7.42. The summed E-state index contributed by atoms with van der Waals surface area (Å²) in [5.74, 6) is -0.639. The van der Waals surface area contributed by atoms with Gasteiger partial charge >= 0.3 is 5.97 Å². The number of carboxylic acid groups (broad SMARTS) is 1. The number of likely N-dealkylation sites (N-methyl/N-ethyl adjacent to an activating group) is 1. The molecule has 6 nitrogen and oxygen atoms in total. The summed E-state index contributed by atoms with van der Waals surface area (Å²) in [6.07, 6.45) is 1.80. The van der Waals surface area contributed by atoms with Gasteiger partial charge in [-0.25, -0.2) is 0 Å². The van der Waals surface area contributed by atoms with Crippen molar-refractivity contribution in [3.05, 3.63) is 35.9 Å². The van der Waals surface area contributed by atoms with E-state index in [1.807, 2.05) is 61.0 Å². The largest absolute Gasteiger partial charge is 0.480 e. The van der Waals surface area contributed by atoms with Crippen molar-refractivity contribution in [2.24, 2.45) is 0 Å². The number of benzene rings is 1. The summed E-state index contributed by atoms with van der Waals surface area (Å²) in [6.45, 7) is 6.90. The number of aliphatic carboxylic acids is 1. The SMILES string of the molecule is CC(C)N(Cc1ccccc1)C(=O)CN1CCC(N(C)CC(=O)O)CC1. The van der Waals surface area contributed by atoms with Crippen LogP contribution < -0.4 is 0 Å². The Kier molecular flexibility index (Phi) is 7.60. The first-order chi connectivity index (χ1) is 12.4. The summed E-state index contributed by atoms with van der Waals surface area (Å²) < 4.78 is 0. The Labute approximate surface area is 156 Å². The van der Waals surface area contributed by atoms with Gasteiger partial charge in [0.1, 0.15) is 0 Å². The summed E-state index contributed by atoms with van der Waals surface area (Å²) in [4.78, 5) is 29.7. The summed E-state index contributed by atoms with van der Waals surface area (Å²) in [7, 11) is 1.86. The standard InChI is InChI=1S/C20H31N3O3/c1-16(2)23(13-17-7-5-4-6-8-17)19(24)14-22-11-9-18(10-12-22)21(3)15-20(25)26/h4-8,16,18H,9-15H2,1-3H3,(H,25,26). The molecular weight excluding hydrogens is 330 g/mol. The first-order valence-corrected chi connectivity index (χ1v) is 9.34. The van der Waals surface area contributed by atoms with Crippen LogP contribution in [-0.4, -0.2) is 77.0 Å². The van der Waals surface area contributed by atoms with Crippen molar-refractivity contribution >= 4 is 11.9 Å². The third kappa shape index (κ3) is 6.11. The molecule has 0 spiro atoms. The van der Waals surface area contributed by atoms with Crippen LogP contribution in [0.5, 0.6) is 0 Å². The molecule has 1 saturated heterocycles. The van der Waals surface area contributed by atoms with Crippen LogP contribution in [0.15, 0.2) is 30.3 Å². The third-order valence-electron chi connectivity index (χ3n) is 5.06. The van der Waals surface area contributed by atoms with Gasteiger partial charge in [-0.15, -0.1) is 0 Å². The van der Waals surface area contributed by atoms with Crippen LogP contribution in [-0.2, 0) is 16.1 Å². The van der Waals surface area contributed by atoms with Crippen molar-refractivity contribution in [2.75, 3.05) is 33.2 Å². The fraction of sp³-hybridized carbons (Fsp3) is 0.600. The van der Waals surface area contributed by atoms with E-state index < -0.39 is 5.97 Å². The molecule has 144 valence electrons. The van der Waals surface area contributed by atoms with Gasteiger partial charge in [-0.1, -0.05) is 30.3 Å². The second-order valence-electron chi connectivity index (χ2n) is 7.42. The Bertz CT molecular complexity index is 583. The van der Waals surface area contributed by atoms with Crippen molar-refractivity contribution in [3.63, 3.8) is 0 Å². The molecule has 1 fully saturated rings. The predicted molar refractivity (Wildman–Crippen MR) is 102 cm³/mol. The first-order valence-electron chi connectivity index (χ1n) is 9.34. The van der Waals surface area contributed by atoms with E-state index >= 15 is 0 Å². The minimum absolute atomic E-state index is 0.0712. The molecule has 1 N–H and O–H groups in total. The van der Waals surface area contributed by atoms with Crippen molar-refractivity contribution in [2.45, 2.75) is 45.3 Å². The molecule has 0 aromatic heterocycles. The molecule has 1 aromatic rings. The highest BCUT2D eigenvalue weighted by Crippen LogP contribution is 2.16. The average Bonchev–Trinajstić information content (AvgIpc) is 2.60. The van der Waals surface area contributed by atoms with E-state index in [0.717, 1.165) is 31.5 Å². The first kappa shape index (κ1) is 20.4. The van der Waals surface area contributed by atoms with Crippen LogP contribution >= 0.6 is 0 Å². The number of likely N-dealkylation sites (tertiary alicyclic amines) is 1. The zero-order valence-corrected chi connectivity index (χ0v) is 16.1. The fourth-order valence-electron chi connectivity index (χ4n) is 3.48. The lowest BCUT2D eigenvalue weighted by Gasteiger charge is -2.37. The number of carbonyl (C=O) groups is 2. The van der Waals surface area contributed by atoms with Crippen LogP contribution in [0, 0.1) is 0 Å². The number of rotatable bonds is 8. The van der Waals surface area contributed by atoms with E-state index in [1.54, 1.807) is 0 Å². The van der Waals surface area contributed by atoms with Gasteiger partial charge in [0.05, 0.1) is 13.1 Å². The molecule has 0 unspecified atom stereocenters. The number of amides is 1. The van der Waals surface area contributed by atoms with E-state index in [1.165, 1.54) is 0 Å². The monoisotopic (exact) mass is 361 g/mol. The number of carbonyl (C=O) groups excluding carboxylic acids is 1. The van der Waals surface area contributed by atoms with E-state index in [0.29, 0.717) is 13.1 Å². The van der Waals surface area contributed by atoms with Gasteiger partial charge in [-0.05, 0) is 39.3 Å². The van der Waals surface area contributed by atoms with Crippen LogP contribution in [0.25, 0.3) is 0 Å². The molecule has 26 heavy (non-hydrogen) atoms. The zero-order valence-electron chi connectivity index (χ0n) is 16.1. The Morgan fingerprint density at radius 3 is 2.35 bits per heavy atom. The maximum atomic E-state index is 12.8. The quantitative estimate of drug-likeness (QED) is 0.766. The zero-order chi connectivity index (χ0) is 19.1. The Morgan fingerprint density at radius 1 is 1.19 bits per heavy atom. The van der Waals surface area contributed by atoms with E-state index in [2.05, 4.69) is 4.90 Å². The Balaban J connectivity index is 1.85. The van der Waals surface area contributed by atoms with E-state index in [9.17, 15) is 9.59 Å². The number of hydrogen-bond acceptors (Lipinski definition) is 4. The molecule has 1 amide bonds. The van der Waals surface area contributed by atoms with Gasteiger partial charge in [0, 0.05) is 31.7 Å². The number of carboxylic acids is 1. The van der Waals surface area contributed by atoms with Gasteiger partial charge in [0.15, 0.2) is 0 Å². The predicted octanol–water partition coefficient (Wildman–Crippen LogP) is 1.90. The highest BCUT2D eigenvalue weighted by molar-refractivity contribution is 5.78. The number of piperidine rings is 1. The van der Waals surface area contributed by atoms with Crippen molar-refractivity contribution < 1.29 is 14.7 Å². The van der Waals surface area contributed by atoms with Gasteiger partial charge in [-0.2, -0.15) is 0 Å². The van der Waals surface area contributed by atoms with Crippen LogP contribution in [0.2, 0.25) is 0 Å². The van der Waals surface area contributed by atoms with Gasteiger partial charge in [0.2, 0.25) is 5.91 Å². The molecule has 1 aliphatic heterocycles. The lowest BCUT2D eigenvalue weighted by molar-refractivity contribution is -0.138. The van der Waals surface area contributed by atoms with Crippen LogP contribution in [0.3, 0.4) is 0 Å². The number of nitrogens with zero attached hydrogens (tertiary/aromatic N) is 3. The normalized spacial score (nSPS) is 16.2. The average molecular weight is 361 g/mol. The highest BCUT2D eigenvalue weighted by atomic mass is 16.4. The lowest BCUT2D eigenvalue weighted by Crippen LogP contribution is -2.49. The molecule has 0 radical (unpaired) electrons. The van der Waals surface area contributed by atoms with Crippen molar-refractivity contribution in [3.8, 4) is 0 Å². The summed E-state index contributed by atoms with van der Waals surface area (Å²) in [5, 5.41) is 8.92. The second kappa shape index (κ2) is 9.69. The molecule has 0 bridgehead atoms. The molecule has 6 heteroatoms. The molecule has 0 aliphatic carbocycles. The molecule has 0 saturated carbocycles. The Morgan fingerprint density at radius 2 is 1.81 bits per heavy atom. The maximum Gasteiger partial charge on any atom is 0.317 e. The van der Waals surface area contributed by atoms with Crippen molar-refractivity contribution in [1.82, 2.24) is 14.7 Å². The smallest absolute Gasteiger partial charge is 0.317 e. The molecule has 1 heterocycles. The van der Waals surface area contributed by atoms with E-state index in [4.69, 9.17) is 5.11 Å². The van der Waals surface area contributed by atoms with Crippen molar-refractivity contribution in [1.29, 1.82) is 0 Å². The van der Waals surface area contributed by atoms with Crippen LogP contribution in [0.4, 0.5) is 0 Å². The van der Waals surface area contributed by atoms with Gasteiger partial charge < -0.3 is 10.0 Å². The molecule has 2 rings (SSSR count). The maximum absolute atomic E-state index is 12.8. The van der Waals surface area contributed by atoms with Gasteiger partial charge in [-0.3, -0.25) is 19.4 Å². The molecule has 0 atom stereocenters. The Hall–Kier alpha value is -1.92.